The van der Waals surface area contributed by atoms with Crippen LogP contribution >= 0.6 is 0 Å². The smallest absolute Gasteiger partial charge is 0.407 e. The van der Waals surface area contributed by atoms with Crippen molar-refractivity contribution in [3.63, 3.8) is 0 Å². The minimum atomic E-state index is -0.529. The number of ether oxygens (including phenoxy) is 3. The maximum atomic E-state index is 12.1. The number of H-pyrrole nitrogens is 1. The predicted octanol–water partition coefficient (Wildman–Crippen LogP) is 4.92. The Kier molecular flexibility index (Phi) is 6.84. The Labute approximate surface area is 181 Å². The van der Waals surface area contributed by atoms with Crippen LogP contribution < -0.4 is 10.1 Å². The highest BCUT2D eigenvalue weighted by Crippen LogP contribution is 2.35. The first-order chi connectivity index (χ1) is 14.8. The van der Waals surface area contributed by atoms with Crippen LogP contribution in [0.25, 0.3) is 22.0 Å². The van der Waals surface area contributed by atoms with Crippen molar-refractivity contribution < 1.29 is 23.8 Å². The number of amides is 1. The molecule has 0 bridgehead atoms. The van der Waals surface area contributed by atoms with E-state index in [0.29, 0.717) is 31.0 Å². The van der Waals surface area contributed by atoms with Gasteiger partial charge in [0.25, 0.3) is 0 Å². The first-order valence-corrected chi connectivity index (χ1v) is 10.2. The van der Waals surface area contributed by atoms with Crippen LogP contribution in [0.15, 0.2) is 48.5 Å². The number of hydrogen-bond acceptors (Lipinski definition) is 5. The maximum Gasteiger partial charge on any atom is 0.407 e. The average molecular weight is 424 g/mol. The number of benzene rings is 2. The van der Waals surface area contributed by atoms with Gasteiger partial charge in [-0.2, -0.15) is 0 Å². The minimum Gasteiger partial charge on any atom is -0.493 e. The first-order valence-electron chi connectivity index (χ1n) is 10.2. The fourth-order valence-electron chi connectivity index (χ4n) is 3.16. The van der Waals surface area contributed by atoms with Gasteiger partial charge in [-0.05, 0) is 51.0 Å². The lowest BCUT2D eigenvalue weighted by molar-refractivity contribution is 0.0524. The van der Waals surface area contributed by atoms with Gasteiger partial charge in [-0.15, -0.1) is 0 Å². The fourth-order valence-corrected chi connectivity index (χ4v) is 3.16. The third-order valence-electron chi connectivity index (χ3n) is 4.49. The summed E-state index contributed by atoms with van der Waals surface area (Å²) < 4.78 is 16.0. The van der Waals surface area contributed by atoms with Gasteiger partial charge >= 0.3 is 12.1 Å². The van der Waals surface area contributed by atoms with Crippen LogP contribution in [-0.4, -0.2) is 42.9 Å². The van der Waals surface area contributed by atoms with E-state index >= 15 is 0 Å². The van der Waals surface area contributed by atoms with E-state index in [1.807, 2.05) is 63.2 Å². The van der Waals surface area contributed by atoms with Crippen molar-refractivity contribution in [2.45, 2.75) is 32.8 Å². The third-order valence-corrected chi connectivity index (χ3v) is 4.49. The Morgan fingerprint density at radius 3 is 2.48 bits per heavy atom. The minimum absolute atomic E-state index is 0.359. The van der Waals surface area contributed by atoms with Crippen molar-refractivity contribution in [2.24, 2.45) is 0 Å². The number of rotatable bonds is 7. The SMILES string of the molecule is COC(=O)c1cc2c(OCCCNC(=O)OC(C)(C)C)ccc(-c3ccccc3)c2[nH]1. The fraction of sp³-hybridized carbons (Fsp3) is 0.333. The molecular formula is C24H28N2O5. The van der Waals surface area contributed by atoms with E-state index in [9.17, 15) is 9.59 Å². The highest BCUT2D eigenvalue weighted by atomic mass is 16.6. The van der Waals surface area contributed by atoms with Crippen LogP contribution in [0.1, 0.15) is 37.7 Å². The molecule has 1 aromatic heterocycles. The Hall–Kier alpha value is -3.48. The molecule has 0 saturated heterocycles. The molecule has 3 aromatic rings. The molecule has 2 aromatic carbocycles. The summed E-state index contributed by atoms with van der Waals surface area (Å²) in [7, 11) is 1.35. The van der Waals surface area contributed by atoms with Crippen molar-refractivity contribution in [3.05, 3.63) is 54.2 Å². The second-order valence-corrected chi connectivity index (χ2v) is 8.07. The number of nitrogens with one attached hydrogen (secondary N) is 2. The zero-order valence-electron chi connectivity index (χ0n) is 18.3. The van der Waals surface area contributed by atoms with Gasteiger partial charge in [-0.1, -0.05) is 30.3 Å². The summed E-state index contributed by atoms with van der Waals surface area (Å²) in [6.45, 7) is 6.29. The van der Waals surface area contributed by atoms with Gasteiger partial charge in [0.05, 0.1) is 19.2 Å². The standard InChI is InChI=1S/C24H28N2O5/c1-24(2,3)31-23(28)25-13-8-14-30-20-12-11-17(16-9-6-5-7-10-16)21-18(20)15-19(26-21)22(27)29-4/h5-7,9-12,15,26H,8,13-14H2,1-4H3,(H,25,28). The topological polar surface area (TPSA) is 89.7 Å². The Balaban J connectivity index is 1.73. The largest absolute Gasteiger partial charge is 0.493 e. The predicted molar refractivity (Wildman–Crippen MR) is 119 cm³/mol. The number of esters is 1. The van der Waals surface area contributed by atoms with E-state index in [4.69, 9.17) is 14.2 Å². The summed E-state index contributed by atoms with van der Waals surface area (Å²) in [5.41, 5.74) is 2.62. The van der Waals surface area contributed by atoms with Crippen LogP contribution in [-0.2, 0) is 9.47 Å². The van der Waals surface area contributed by atoms with Crippen LogP contribution in [0, 0.1) is 0 Å². The highest BCUT2D eigenvalue weighted by Gasteiger charge is 2.17. The molecule has 2 N–H and O–H groups in total. The maximum absolute atomic E-state index is 12.1. The summed E-state index contributed by atoms with van der Waals surface area (Å²) in [6, 6.07) is 15.5. The van der Waals surface area contributed by atoms with Gasteiger partial charge in [0, 0.05) is 17.5 Å². The molecule has 0 spiro atoms. The first kappa shape index (κ1) is 22.2. The van der Waals surface area contributed by atoms with Gasteiger partial charge in [-0.3, -0.25) is 0 Å². The lowest BCUT2D eigenvalue weighted by Crippen LogP contribution is -2.33. The van der Waals surface area contributed by atoms with E-state index < -0.39 is 17.7 Å². The highest BCUT2D eigenvalue weighted by molar-refractivity contribution is 6.03. The number of aromatic nitrogens is 1. The molecule has 0 aliphatic rings. The normalized spacial score (nSPS) is 11.2. The van der Waals surface area contributed by atoms with Crippen LogP contribution in [0.3, 0.4) is 0 Å². The van der Waals surface area contributed by atoms with Crippen LogP contribution in [0.2, 0.25) is 0 Å². The summed E-state index contributed by atoms with van der Waals surface area (Å²) in [4.78, 5) is 26.9. The van der Waals surface area contributed by atoms with E-state index in [1.54, 1.807) is 6.07 Å². The lowest BCUT2D eigenvalue weighted by Gasteiger charge is -2.19. The molecule has 7 nitrogen and oxygen atoms in total. The molecule has 0 aliphatic heterocycles. The number of carbonyl (C=O) groups is 2. The molecule has 1 amide bonds. The Bertz CT molecular complexity index is 1050. The Morgan fingerprint density at radius 1 is 1.06 bits per heavy atom. The molecule has 0 saturated carbocycles. The van der Waals surface area contributed by atoms with Crippen LogP contribution in [0.5, 0.6) is 5.75 Å². The number of alkyl carbamates (subject to hydrolysis) is 1. The Morgan fingerprint density at radius 2 is 1.81 bits per heavy atom. The van der Waals surface area contributed by atoms with E-state index in [0.717, 1.165) is 22.0 Å². The molecule has 31 heavy (non-hydrogen) atoms. The molecular weight excluding hydrogens is 396 g/mol. The van der Waals surface area contributed by atoms with E-state index in [-0.39, 0.29) is 0 Å². The summed E-state index contributed by atoms with van der Waals surface area (Å²) in [5.74, 6) is 0.209. The monoisotopic (exact) mass is 424 g/mol. The van der Waals surface area contributed by atoms with Crippen LogP contribution in [0.4, 0.5) is 4.79 Å². The average Bonchev–Trinajstić information content (AvgIpc) is 3.18. The number of carbonyl (C=O) groups excluding carboxylic acids is 2. The summed E-state index contributed by atoms with van der Waals surface area (Å²) in [5, 5.41) is 3.50. The number of aromatic amines is 1. The molecule has 0 aliphatic carbocycles. The number of methoxy groups -OCH3 is 1. The van der Waals surface area contributed by atoms with Crippen molar-refractivity contribution in [2.75, 3.05) is 20.3 Å². The molecule has 0 fully saturated rings. The van der Waals surface area contributed by atoms with Gasteiger partial charge in [0.2, 0.25) is 0 Å². The zero-order chi connectivity index (χ0) is 22.4. The molecule has 7 heteroatoms. The van der Waals surface area contributed by atoms with Crippen molar-refractivity contribution in [1.29, 1.82) is 0 Å². The molecule has 0 unspecified atom stereocenters. The summed E-state index contributed by atoms with van der Waals surface area (Å²) >= 11 is 0. The van der Waals surface area contributed by atoms with Gasteiger partial charge in [0.15, 0.2) is 0 Å². The zero-order valence-corrected chi connectivity index (χ0v) is 18.3. The van der Waals surface area contributed by atoms with Crippen molar-refractivity contribution in [1.82, 2.24) is 10.3 Å². The third kappa shape index (κ3) is 5.78. The summed E-state index contributed by atoms with van der Waals surface area (Å²) in [6.07, 6.45) is 0.158. The van der Waals surface area contributed by atoms with Crippen molar-refractivity contribution >= 4 is 23.0 Å². The molecule has 1 heterocycles. The van der Waals surface area contributed by atoms with Gasteiger partial charge in [0.1, 0.15) is 17.0 Å². The van der Waals surface area contributed by atoms with Gasteiger partial charge in [-0.25, -0.2) is 9.59 Å². The van der Waals surface area contributed by atoms with Crippen molar-refractivity contribution in [3.8, 4) is 16.9 Å². The molecule has 164 valence electrons. The second-order valence-electron chi connectivity index (χ2n) is 8.07. The second kappa shape index (κ2) is 9.55. The van der Waals surface area contributed by atoms with Gasteiger partial charge < -0.3 is 24.5 Å². The number of hydrogen-bond donors (Lipinski definition) is 2. The van der Waals surface area contributed by atoms with E-state index in [2.05, 4.69) is 10.3 Å². The lowest BCUT2D eigenvalue weighted by atomic mass is 10.0. The number of fused-ring (bicyclic) bond motifs is 1. The quantitative estimate of drug-likeness (QED) is 0.415. The molecule has 3 rings (SSSR count). The molecule has 0 atom stereocenters. The van der Waals surface area contributed by atoms with E-state index in [1.165, 1.54) is 7.11 Å². The molecule has 0 radical (unpaired) electrons.